The number of benzene rings is 2. The van der Waals surface area contributed by atoms with Gasteiger partial charge in [-0.25, -0.2) is 0 Å². The van der Waals surface area contributed by atoms with Crippen molar-refractivity contribution in [2.45, 2.75) is 19.1 Å². The van der Waals surface area contributed by atoms with Crippen molar-refractivity contribution in [2.24, 2.45) is 5.92 Å². The summed E-state index contributed by atoms with van der Waals surface area (Å²) in [6.07, 6.45) is 0.354. The molecule has 2 atom stereocenters. The van der Waals surface area contributed by atoms with Gasteiger partial charge in [-0.05, 0) is 30.7 Å². The lowest BCUT2D eigenvalue weighted by Gasteiger charge is -2.16. The van der Waals surface area contributed by atoms with E-state index in [4.69, 9.17) is 4.98 Å². The summed E-state index contributed by atoms with van der Waals surface area (Å²) in [7, 11) is 0. The molecule has 0 bridgehead atoms. The molecule has 0 saturated carbocycles. The number of likely N-dealkylation sites (tertiary alicyclic amines) is 1. The highest BCUT2D eigenvalue weighted by Gasteiger charge is 2.31. The number of nitrogens with one attached hydrogen (secondary N) is 1. The molecule has 0 radical (unpaired) electrons. The molecule has 2 aromatic carbocycles. The minimum Gasteiger partial charge on any atom is -0.391 e. The summed E-state index contributed by atoms with van der Waals surface area (Å²) in [6, 6.07) is 21.5. The van der Waals surface area contributed by atoms with Gasteiger partial charge in [-0.15, -0.1) is 0 Å². The van der Waals surface area contributed by atoms with Crippen LogP contribution in [0.15, 0.2) is 71.5 Å². The number of aromatic nitrogens is 2. The third-order valence-corrected chi connectivity index (χ3v) is 5.80. The Labute approximate surface area is 168 Å². The van der Waals surface area contributed by atoms with Gasteiger partial charge in [0.1, 0.15) is 0 Å². The van der Waals surface area contributed by atoms with Crippen molar-refractivity contribution in [3.63, 3.8) is 0 Å². The number of aromatic amines is 1. The quantitative estimate of drug-likeness (QED) is 0.566. The zero-order valence-corrected chi connectivity index (χ0v) is 16.1. The fourth-order valence-electron chi connectivity index (χ4n) is 4.34. The first-order chi connectivity index (χ1) is 14.2. The van der Waals surface area contributed by atoms with Crippen LogP contribution in [0.4, 0.5) is 0 Å². The summed E-state index contributed by atoms with van der Waals surface area (Å²) < 4.78 is 0. The lowest BCUT2D eigenvalue weighted by Crippen LogP contribution is -2.23. The second kappa shape index (κ2) is 7.43. The third kappa shape index (κ3) is 3.67. The molecule has 3 heterocycles. The minimum atomic E-state index is -0.393. The number of β-amino-alcohol motifs (C(OH)–C–C–N with tert-alkyl or cyclic N) is 1. The molecule has 1 fully saturated rings. The number of H-pyrrole nitrogens is 1. The first-order valence-electron chi connectivity index (χ1n) is 10.0. The van der Waals surface area contributed by atoms with Gasteiger partial charge in [-0.1, -0.05) is 36.4 Å². The van der Waals surface area contributed by atoms with E-state index < -0.39 is 6.10 Å². The molecule has 5 nitrogen and oxygen atoms in total. The molecule has 5 heteroatoms. The second-order valence-corrected chi connectivity index (χ2v) is 7.93. The van der Waals surface area contributed by atoms with Crippen molar-refractivity contribution < 1.29 is 5.11 Å². The largest absolute Gasteiger partial charge is 0.391 e. The van der Waals surface area contributed by atoms with Crippen LogP contribution >= 0.6 is 0 Å². The van der Waals surface area contributed by atoms with Gasteiger partial charge < -0.3 is 10.1 Å². The fourth-order valence-corrected chi connectivity index (χ4v) is 4.34. The second-order valence-electron chi connectivity index (χ2n) is 7.93. The van der Waals surface area contributed by atoms with Crippen LogP contribution < -0.4 is 5.43 Å². The van der Waals surface area contributed by atoms with E-state index in [0.29, 0.717) is 18.5 Å². The Bertz CT molecular complexity index is 1230. The molecule has 2 N–H and O–H groups in total. The topological polar surface area (TPSA) is 69.2 Å². The van der Waals surface area contributed by atoms with Gasteiger partial charge >= 0.3 is 0 Å². The number of rotatable bonds is 4. The molecular formula is C24H23N3O2. The molecular weight excluding hydrogens is 362 g/mol. The summed E-state index contributed by atoms with van der Waals surface area (Å²) in [5.41, 5.74) is 3.76. The van der Waals surface area contributed by atoms with Crippen molar-refractivity contribution in [1.29, 1.82) is 0 Å². The molecule has 2 aromatic heterocycles. The lowest BCUT2D eigenvalue weighted by atomic mass is 9.99. The van der Waals surface area contributed by atoms with E-state index in [-0.39, 0.29) is 11.3 Å². The summed E-state index contributed by atoms with van der Waals surface area (Å²) in [5, 5.41) is 12.4. The summed E-state index contributed by atoms with van der Waals surface area (Å²) in [4.78, 5) is 22.7. The molecule has 5 rings (SSSR count). The van der Waals surface area contributed by atoms with Gasteiger partial charge in [0, 0.05) is 59.3 Å². The number of aliphatic hydroxyl groups is 1. The van der Waals surface area contributed by atoms with Gasteiger partial charge in [0.2, 0.25) is 0 Å². The van der Waals surface area contributed by atoms with E-state index in [1.807, 2.05) is 42.5 Å². The normalized spacial score (nSPS) is 19.9. The van der Waals surface area contributed by atoms with Crippen LogP contribution in [-0.2, 0) is 13.0 Å². The molecule has 0 unspecified atom stereocenters. The van der Waals surface area contributed by atoms with Crippen molar-refractivity contribution in [3.05, 3.63) is 88.3 Å². The maximum Gasteiger partial charge on any atom is 0.189 e. The third-order valence-electron chi connectivity index (χ3n) is 5.80. The van der Waals surface area contributed by atoms with Crippen LogP contribution in [-0.4, -0.2) is 39.2 Å². The zero-order valence-electron chi connectivity index (χ0n) is 16.1. The molecule has 4 aromatic rings. The van der Waals surface area contributed by atoms with Crippen molar-refractivity contribution in [1.82, 2.24) is 14.9 Å². The molecule has 0 aliphatic carbocycles. The lowest BCUT2D eigenvalue weighted by molar-refractivity contribution is 0.140. The maximum absolute atomic E-state index is 12.4. The van der Waals surface area contributed by atoms with E-state index in [9.17, 15) is 9.90 Å². The predicted octanol–water partition coefficient (Wildman–Crippen LogP) is 3.11. The first kappa shape index (κ1) is 18.0. The highest BCUT2D eigenvalue weighted by atomic mass is 16.3. The number of hydrogen-bond acceptors (Lipinski definition) is 4. The van der Waals surface area contributed by atoms with E-state index in [2.05, 4.69) is 28.1 Å². The molecule has 146 valence electrons. The van der Waals surface area contributed by atoms with Crippen molar-refractivity contribution >= 4 is 21.8 Å². The van der Waals surface area contributed by atoms with E-state index in [1.165, 1.54) is 0 Å². The molecule has 1 aliphatic rings. The van der Waals surface area contributed by atoms with Crippen LogP contribution in [0.3, 0.4) is 0 Å². The standard InChI is InChI=1S/C24H23N3O2/c28-23-12-19(26-22-8-4-2-6-20(22)23)14-27-13-17(24(29)15-27)11-18-10-9-16-5-1-3-7-21(16)25-18/h1-10,12,17,24,29H,11,13-15H2,(H,26,28)/t17-,24-/m1/s1. The highest BCUT2D eigenvalue weighted by Crippen LogP contribution is 2.23. The van der Waals surface area contributed by atoms with Crippen LogP contribution in [0, 0.1) is 5.92 Å². The van der Waals surface area contributed by atoms with Gasteiger partial charge in [0.05, 0.1) is 11.6 Å². The highest BCUT2D eigenvalue weighted by molar-refractivity contribution is 5.79. The maximum atomic E-state index is 12.4. The monoisotopic (exact) mass is 385 g/mol. The van der Waals surface area contributed by atoms with Crippen LogP contribution in [0.1, 0.15) is 11.4 Å². The molecule has 0 spiro atoms. The van der Waals surface area contributed by atoms with Crippen molar-refractivity contribution in [2.75, 3.05) is 13.1 Å². The number of nitrogens with zero attached hydrogens (tertiary/aromatic N) is 2. The number of fused-ring (bicyclic) bond motifs is 2. The molecule has 29 heavy (non-hydrogen) atoms. The fraction of sp³-hybridized carbons (Fsp3) is 0.250. The predicted molar refractivity (Wildman–Crippen MR) is 115 cm³/mol. The summed E-state index contributed by atoms with van der Waals surface area (Å²) in [6.45, 7) is 2.01. The Morgan fingerprint density at radius 2 is 1.86 bits per heavy atom. The van der Waals surface area contributed by atoms with Gasteiger partial charge in [0.25, 0.3) is 0 Å². The average molecular weight is 385 g/mol. The Kier molecular flexibility index (Phi) is 4.62. The number of hydrogen-bond donors (Lipinski definition) is 2. The number of para-hydroxylation sites is 2. The Balaban J connectivity index is 1.31. The van der Waals surface area contributed by atoms with Crippen LogP contribution in [0.5, 0.6) is 0 Å². The van der Waals surface area contributed by atoms with E-state index >= 15 is 0 Å². The molecule has 1 saturated heterocycles. The molecule has 0 amide bonds. The van der Waals surface area contributed by atoms with E-state index in [1.54, 1.807) is 6.07 Å². The Hall–Kier alpha value is -3.02. The zero-order chi connectivity index (χ0) is 19.8. The number of pyridine rings is 2. The van der Waals surface area contributed by atoms with Gasteiger partial charge in [-0.3, -0.25) is 14.7 Å². The minimum absolute atomic E-state index is 0.0333. The Morgan fingerprint density at radius 3 is 2.79 bits per heavy atom. The SMILES string of the molecule is O=c1cc(CN2C[C@@H](Cc3ccc4ccccc4n3)[C@H](O)C2)[nH]c2ccccc12. The summed E-state index contributed by atoms with van der Waals surface area (Å²) in [5.74, 6) is 0.135. The first-order valence-corrected chi connectivity index (χ1v) is 10.0. The smallest absolute Gasteiger partial charge is 0.189 e. The van der Waals surface area contributed by atoms with Gasteiger partial charge in [-0.2, -0.15) is 0 Å². The molecule has 1 aliphatic heterocycles. The Morgan fingerprint density at radius 1 is 1.03 bits per heavy atom. The van der Waals surface area contributed by atoms with Crippen LogP contribution in [0.2, 0.25) is 0 Å². The van der Waals surface area contributed by atoms with Crippen LogP contribution in [0.25, 0.3) is 21.8 Å². The van der Waals surface area contributed by atoms with E-state index in [0.717, 1.165) is 40.8 Å². The summed E-state index contributed by atoms with van der Waals surface area (Å²) >= 11 is 0. The number of aliphatic hydroxyl groups excluding tert-OH is 1. The van der Waals surface area contributed by atoms with Crippen molar-refractivity contribution in [3.8, 4) is 0 Å². The average Bonchev–Trinajstić information content (AvgIpc) is 3.06. The van der Waals surface area contributed by atoms with Gasteiger partial charge in [0.15, 0.2) is 5.43 Å².